The van der Waals surface area contributed by atoms with Crippen molar-refractivity contribution in [2.24, 2.45) is 5.73 Å². The van der Waals surface area contributed by atoms with Crippen LogP contribution in [0.15, 0.2) is 161 Å². The Hall–Kier alpha value is -8.16. The van der Waals surface area contributed by atoms with Gasteiger partial charge in [0.2, 0.25) is 0 Å². The van der Waals surface area contributed by atoms with Crippen molar-refractivity contribution < 1.29 is 51.4 Å². The number of hydrogen-bond donors (Lipinski definition) is 4. The molecule has 0 bridgehead atoms. The SMILES string of the molecule is CSc1ccc(-c2ccc(N3C[C@H](CN)OC3=O)cc2F)cc1.CSc1ccc(-c2ccc(N3C[C@H](CNC(=O)NN(C)C)OC3=O)cc2F)cc1.CSc1ccc(-c2ccc(N3C[C@H](CNC(=O)n4ccnc4)OC3=O)cc2F)cc1. The van der Waals surface area contributed by atoms with Gasteiger partial charge in [-0.2, -0.15) is 0 Å². The molecule has 0 radical (unpaired) electrons. The number of carbonyl (C=O) groups excluding carboxylic acids is 5. The molecule has 3 aliphatic heterocycles. The van der Waals surface area contributed by atoms with Gasteiger partial charge in [0.05, 0.1) is 49.8 Å². The van der Waals surface area contributed by atoms with E-state index in [1.54, 1.807) is 85.8 Å². The number of urea groups is 1. The zero-order valence-electron chi connectivity index (χ0n) is 45.2. The lowest BCUT2D eigenvalue weighted by molar-refractivity contribution is 0.139. The Morgan fingerprint density at radius 2 is 0.939 bits per heavy atom. The highest BCUT2D eigenvalue weighted by Crippen LogP contribution is 2.34. The maximum absolute atomic E-state index is 14.8. The van der Waals surface area contributed by atoms with Gasteiger partial charge in [-0.25, -0.2) is 47.1 Å². The fraction of sp³-hybridized carbons (Fsp3) is 0.241. The van der Waals surface area contributed by atoms with Crippen molar-refractivity contribution >= 4 is 82.7 Å². The molecule has 1 aromatic heterocycles. The van der Waals surface area contributed by atoms with E-state index in [-0.39, 0.29) is 50.7 Å². The molecule has 6 amide bonds. The molecular weight excluding hydrogens is 1120 g/mol. The molecule has 0 saturated carbocycles. The number of amides is 6. The third kappa shape index (κ3) is 15.2. The Labute approximate surface area is 484 Å². The molecule has 10 rings (SSSR count). The third-order valence-electron chi connectivity index (χ3n) is 12.9. The van der Waals surface area contributed by atoms with Crippen molar-refractivity contribution in [3.8, 4) is 33.4 Å². The fourth-order valence-electron chi connectivity index (χ4n) is 8.68. The van der Waals surface area contributed by atoms with E-state index in [0.717, 1.165) is 31.4 Å². The Morgan fingerprint density at radius 1 is 0.573 bits per heavy atom. The number of halogens is 3. The van der Waals surface area contributed by atoms with Crippen molar-refractivity contribution in [1.82, 2.24) is 30.6 Å². The Morgan fingerprint density at radius 3 is 1.26 bits per heavy atom. The summed E-state index contributed by atoms with van der Waals surface area (Å²) >= 11 is 4.88. The van der Waals surface area contributed by atoms with Crippen LogP contribution in [0.2, 0.25) is 0 Å². The molecule has 6 aromatic carbocycles. The predicted octanol–water partition coefficient (Wildman–Crippen LogP) is 10.8. The normalized spacial score (nSPS) is 16.4. The summed E-state index contributed by atoms with van der Waals surface area (Å²) in [6.45, 7) is 1.33. The van der Waals surface area contributed by atoms with E-state index in [0.29, 0.717) is 40.3 Å². The number of thioether (sulfide) groups is 3. The highest BCUT2D eigenvalue weighted by molar-refractivity contribution is 7.99. The van der Waals surface area contributed by atoms with Crippen LogP contribution >= 0.6 is 35.3 Å². The Balaban J connectivity index is 0.000000162. The summed E-state index contributed by atoms with van der Waals surface area (Å²) in [5.41, 5.74) is 13.1. The van der Waals surface area contributed by atoms with Gasteiger partial charge in [-0.05, 0) is 126 Å². The van der Waals surface area contributed by atoms with Crippen LogP contribution in [-0.4, -0.2) is 135 Å². The van der Waals surface area contributed by atoms with E-state index in [9.17, 15) is 37.1 Å². The summed E-state index contributed by atoms with van der Waals surface area (Å²) in [6.07, 6.45) is 7.32. The Kier molecular flexibility index (Phi) is 20.5. The van der Waals surface area contributed by atoms with E-state index in [2.05, 4.69) is 21.0 Å². The average molecular weight is 1180 g/mol. The fourth-order valence-corrected chi connectivity index (χ4v) is 9.91. The highest BCUT2D eigenvalue weighted by Gasteiger charge is 2.35. The van der Waals surface area contributed by atoms with Crippen molar-refractivity contribution in [3.05, 3.63) is 164 Å². The molecule has 5 N–H and O–H groups in total. The van der Waals surface area contributed by atoms with Crippen LogP contribution in [0.25, 0.3) is 33.4 Å². The van der Waals surface area contributed by atoms with Gasteiger partial charge in [0.25, 0.3) is 0 Å². The molecule has 3 saturated heterocycles. The molecule has 18 nitrogen and oxygen atoms in total. The number of aromatic nitrogens is 2. The number of hydrazine groups is 1. The first-order valence-electron chi connectivity index (χ1n) is 25.5. The van der Waals surface area contributed by atoms with Crippen LogP contribution in [0, 0.1) is 17.5 Å². The number of anilines is 3. The molecule has 0 unspecified atom stereocenters. The van der Waals surface area contributed by atoms with Gasteiger partial charge < -0.3 is 30.6 Å². The monoisotopic (exact) mass is 1180 g/mol. The number of ether oxygens (including phenoxy) is 3. The van der Waals surface area contributed by atoms with Gasteiger partial charge >= 0.3 is 30.3 Å². The summed E-state index contributed by atoms with van der Waals surface area (Å²) in [5.74, 6) is -1.21. The van der Waals surface area contributed by atoms with Gasteiger partial charge in [-0.3, -0.25) is 24.7 Å². The van der Waals surface area contributed by atoms with Gasteiger partial charge in [-0.15, -0.1) is 35.3 Å². The molecule has 7 aromatic rings. The molecule has 82 heavy (non-hydrogen) atoms. The van der Waals surface area contributed by atoms with Crippen LogP contribution in [-0.2, 0) is 14.2 Å². The number of rotatable bonds is 15. The van der Waals surface area contributed by atoms with Crippen LogP contribution in [0.1, 0.15) is 0 Å². The second kappa shape index (κ2) is 28.0. The van der Waals surface area contributed by atoms with Gasteiger partial charge in [0.15, 0.2) is 0 Å². The molecule has 428 valence electrons. The molecule has 24 heteroatoms. The predicted molar refractivity (Wildman–Crippen MR) is 314 cm³/mol. The van der Waals surface area contributed by atoms with E-state index in [1.807, 2.05) is 91.6 Å². The summed E-state index contributed by atoms with van der Waals surface area (Å²) in [5, 5.41) is 6.80. The second-order valence-electron chi connectivity index (χ2n) is 18.6. The highest BCUT2D eigenvalue weighted by atomic mass is 32.2. The van der Waals surface area contributed by atoms with Gasteiger partial charge in [0.1, 0.15) is 42.1 Å². The minimum absolute atomic E-state index is 0.140. The minimum atomic E-state index is -0.576. The van der Waals surface area contributed by atoms with Crippen LogP contribution in [0.5, 0.6) is 0 Å². The van der Waals surface area contributed by atoms with Crippen molar-refractivity contribution in [2.45, 2.75) is 33.0 Å². The summed E-state index contributed by atoms with van der Waals surface area (Å²) in [7, 11) is 3.37. The zero-order valence-corrected chi connectivity index (χ0v) is 47.7. The number of nitrogens with two attached hydrogens (primary N) is 1. The van der Waals surface area contributed by atoms with Crippen molar-refractivity contribution in [3.63, 3.8) is 0 Å². The third-order valence-corrected chi connectivity index (χ3v) is 15.1. The average Bonchev–Trinajstić information content (AvgIpc) is 4.34. The number of nitrogens with zero attached hydrogens (tertiary/aromatic N) is 6. The number of imidazole rings is 1. The lowest BCUT2D eigenvalue weighted by Crippen LogP contribution is -2.46. The molecule has 0 spiro atoms. The van der Waals surface area contributed by atoms with E-state index >= 15 is 0 Å². The Bertz CT molecular complexity index is 3370. The molecule has 3 aliphatic rings. The van der Waals surface area contributed by atoms with Gasteiger partial charge in [0, 0.05) is 64.4 Å². The number of nitrogens with one attached hydrogen (secondary N) is 3. The van der Waals surface area contributed by atoms with Crippen LogP contribution < -0.4 is 36.5 Å². The number of cyclic esters (lactones) is 3. The first kappa shape index (κ1) is 59.9. The molecular formula is C58H59F3N10O8S3. The van der Waals surface area contributed by atoms with Crippen LogP contribution in [0.3, 0.4) is 0 Å². The summed E-state index contributed by atoms with van der Waals surface area (Å²) in [4.78, 5) is 71.1. The first-order valence-corrected chi connectivity index (χ1v) is 29.2. The lowest BCUT2D eigenvalue weighted by Gasteiger charge is -2.15. The van der Waals surface area contributed by atoms with Crippen molar-refractivity contribution in [1.29, 1.82) is 0 Å². The number of benzene rings is 6. The smallest absolute Gasteiger partial charge is 0.414 e. The van der Waals surface area contributed by atoms with Crippen LogP contribution in [0.4, 0.5) is 54.2 Å². The zero-order chi connectivity index (χ0) is 58.5. The van der Waals surface area contributed by atoms with E-state index < -0.39 is 48.2 Å². The number of carbonyl (C=O) groups is 5. The van der Waals surface area contributed by atoms with Crippen molar-refractivity contribution in [2.75, 3.05) is 86.8 Å². The minimum Gasteiger partial charge on any atom is -0.443 e. The summed E-state index contributed by atoms with van der Waals surface area (Å²) in [6, 6.07) is 36.3. The number of hydrogen-bond acceptors (Lipinski definition) is 14. The molecule has 4 heterocycles. The molecule has 3 fully saturated rings. The largest absolute Gasteiger partial charge is 0.443 e. The van der Waals surface area contributed by atoms with E-state index in [1.165, 1.54) is 61.2 Å². The second-order valence-corrected chi connectivity index (χ2v) is 21.3. The first-order chi connectivity index (χ1) is 39.5. The topological polar surface area (TPSA) is 206 Å². The maximum atomic E-state index is 14.8. The standard InChI is InChI=1S/C21H19FN4O3S.C20H23FN4O3S.C17H17FN2O2S/c1-30-17-5-2-14(3-6-17)18-7-4-15(10-19(18)22)26-12-16(29-21(26)28)11-24-20(27)25-9-8-23-13-25;1-24(2)23-19(26)22-11-15-12-25(20(27)28-15)14-6-9-17(18(21)10-14)13-4-7-16(29-3)8-5-13;1-23-14-5-2-11(3-6-14)15-7-4-12(8-16(15)18)20-10-13(9-19)22-17(20)21/h2-10,13,16H,11-12H2,1H3,(H,24,27);4-10,15H,11-12H2,1-3H3,(H2,22,23,26);2-8,13H,9-10,19H2,1H3/t16-;15-;13-/m000/s1. The molecule has 0 aliphatic carbocycles. The summed E-state index contributed by atoms with van der Waals surface area (Å²) < 4.78 is 60.9. The van der Waals surface area contributed by atoms with Gasteiger partial charge in [-0.1, -0.05) is 36.4 Å². The molecule has 3 atom stereocenters. The van der Waals surface area contributed by atoms with E-state index in [4.69, 9.17) is 19.9 Å². The maximum Gasteiger partial charge on any atom is 0.414 e. The lowest BCUT2D eigenvalue weighted by atomic mass is 10.0. The quantitative estimate of drug-likeness (QED) is 0.0428.